The van der Waals surface area contributed by atoms with E-state index in [9.17, 15) is 15.3 Å². The quantitative estimate of drug-likeness (QED) is 0.174. The molecule has 0 spiro atoms. The van der Waals surface area contributed by atoms with Crippen LogP contribution < -0.4 is 0 Å². The Labute approximate surface area is 194 Å². The standard InChI is InChI=1S/C27H56O4/c1-23(2)11-8-13-25(4)15-10-17-26(5)16-9-14-24(3)12-6-7-18-31-22-27(19-28,20-29)21-30/h23-26,28-30H,6-22H2,1-5H3. The van der Waals surface area contributed by atoms with Gasteiger partial charge in [-0.15, -0.1) is 0 Å². The predicted octanol–water partition coefficient (Wildman–Crippen LogP) is 6.21. The van der Waals surface area contributed by atoms with E-state index < -0.39 is 5.41 Å². The molecule has 0 radical (unpaired) electrons. The summed E-state index contributed by atoms with van der Waals surface area (Å²) in [6.45, 7) is 11.9. The van der Waals surface area contributed by atoms with Crippen LogP contribution in [0.25, 0.3) is 0 Å². The van der Waals surface area contributed by atoms with Crippen molar-refractivity contribution >= 4 is 0 Å². The highest BCUT2D eigenvalue weighted by molar-refractivity contribution is 4.76. The first-order valence-electron chi connectivity index (χ1n) is 13.2. The summed E-state index contributed by atoms with van der Waals surface area (Å²) in [4.78, 5) is 0. The van der Waals surface area contributed by atoms with Crippen molar-refractivity contribution < 1.29 is 20.1 Å². The van der Waals surface area contributed by atoms with Crippen LogP contribution in [0.4, 0.5) is 0 Å². The Bertz CT molecular complexity index is 373. The Kier molecular flexibility index (Phi) is 19.2. The Morgan fingerprint density at radius 2 is 0.935 bits per heavy atom. The molecule has 0 aromatic rings. The second kappa shape index (κ2) is 19.3. The van der Waals surface area contributed by atoms with Crippen molar-refractivity contribution in [3.05, 3.63) is 0 Å². The summed E-state index contributed by atoms with van der Waals surface area (Å²) in [6.07, 6.45) is 15.8. The number of rotatable bonds is 22. The van der Waals surface area contributed by atoms with E-state index in [2.05, 4.69) is 34.6 Å². The zero-order valence-corrected chi connectivity index (χ0v) is 21.6. The minimum atomic E-state index is -0.907. The van der Waals surface area contributed by atoms with E-state index >= 15 is 0 Å². The number of aliphatic hydroxyl groups excluding tert-OH is 3. The summed E-state index contributed by atoms with van der Waals surface area (Å²) in [5.74, 6) is 3.36. The monoisotopic (exact) mass is 444 g/mol. The van der Waals surface area contributed by atoms with Gasteiger partial charge in [0.15, 0.2) is 0 Å². The van der Waals surface area contributed by atoms with Gasteiger partial charge in [-0.25, -0.2) is 0 Å². The predicted molar refractivity (Wildman–Crippen MR) is 132 cm³/mol. The van der Waals surface area contributed by atoms with Crippen molar-refractivity contribution in [1.29, 1.82) is 0 Å². The molecule has 0 heterocycles. The van der Waals surface area contributed by atoms with E-state index in [1.165, 1.54) is 64.2 Å². The number of unbranched alkanes of at least 4 members (excludes halogenated alkanes) is 1. The average molecular weight is 445 g/mol. The van der Waals surface area contributed by atoms with Gasteiger partial charge in [-0.05, 0) is 30.1 Å². The van der Waals surface area contributed by atoms with Gasteiger partial charge in [0.05, 0.1) is 31.8 Å². The molecule has 188 valence electrons. The third kappa shape index (κ3) is 17.0. The highest BCUT2D eigenvalue weighted by Gasteiger charge is 2.28. The molecule has 0 saturated carbocycles. The van der Waals surface area contributed by atoms with Crippen molar-refractivity contribution in [3.63, 3.8) is 0 Å². The summed E-state index contributed by atoms with van der Waals surface area (Å²) in [5.41, 5.74) is -0.907. The van der Waals surface area contributed by atoms with Gasteiger partial charge in [0.25, 0.3) is 0 Å². The van der Waals surface area contributed by atoms with Crippen LogP contribution in [-0.4, -0.2) is 48.4 Å². The summed E-state index contributed by atoms with van der Waals surface area (Å²) < 4.78 is 5.57. The molecule has 0 aliphatic rings. The van der Waals surface area contributed by atoms with Crippen LogP contribution in [0.15, 0.2) is 0 Å². The van der Waals surface area contributed by atoms with Crippen LogP contribution in [0.1, 0.15) is 112 Å². The summed E-state index contributed by atoms with van der Waals surface area (Å²) >= 11 is 0. The van der Waals surface area contributed by atoms with Crippen molar-refractivity contribution in [3.8, 4) is 0 Å². The van der Waals surface area contributed by atoms with E-state index in [1.54, 1.807) is 0 Å². The maximum atomic E-state index is 9.29. The number of ether oxygens (including phenoxy) is 1. The van der Waals surface area contributed by atoms with Gasteiger partial charge in [0, 0.05) is 6.61 Å². The lowest BCUT2D eigenvalue weighted by Crippen LogP contribution is -2.38. The van der Waals surface area contributed by atoms with Crippen LogP contribution in [0.3, 0.4) is 0 Å². The Hall–Kier alpha value is -0.160. The second-order valence-corrected chi connectivity index (χ2v) is 11.0. The lowest BCUT2D eigenvalue weighted by atomic mass is 9.90. The number of aliphatic hydroxyl groups is 3. The van der Waals surface area contributed by atoms with Crippen LogP contribution >= 0.6 is 0 Å². The highest BCUT2D eigenvalue weighted by atomic mass is 16.5. The van der Waals surface area contributed by atoms with Crippen molar-refractivity contribution in [2.75, 3.05) is 33.0 Å². The fourth-order valence-corrected chi connectivity index (χ4v) is 4.21. The van der Waals surface area contributed by atoms with Gasteiger partial charge < -0.3 is 20.1 Å². The SMILES string of the molecule is CC(C)CCCC(C)CCCC(C)CCCC(C)CCCCOCC(CO)(CO)CO. The van der Waals surface area contributed by atoms with Crippen molar-refractivity contribution in [1.82, 2.24) is 0 Å². The smallest absolute Gasteiger partial charge is 0.0629 e. The number of hydrogen-bond donors (Lipinski definition) is 3. The second-order valence-electron chi connectivity index (χ2n) is 11.0. The van der Waals surface area contributed by atoms with Crippen LogP contribution in [0, 0.1) is 29.1 Å². The molecule has 0 saturated heterocycles. The van der Waals surface area contributed by atoms with Crippen LogP contribution in [0.2, 0.25) is 0 Å². The topological polar surface area (TPSA) is 69.9 Å². The molecule has 31 heavy (non-hydrogen) atoms. The van der Waals surface area contributed by atoms with Gasteiger partial charge in [0.1, 0.15) is 0 Å². The molecular weight excluding hydrogens is 388 g/mol. The molecule has 0 aromatic carbocycles. The van der Waals surface area contributed by atoms with Crippen LogP contribution in [0.5, 0.6) is 0 Å². The molecule has 3 unspecified atom stereocenters. The Balaban J connectivity index is 3.62. The first-order valence-corrected chi connectivity index (χ1v) is 13.2. The van der Waals surface area contributed by atoms with E-state index in [4.69, 9.17) is 4.74 Å². The molecule has 0 amide bonds. The minimum Gasteiger partial charge on any atom is -0.396 e. The Morgan fingerprint density at radius 1 is 0.548 bits per heavy atom. The van der Waals surface area contributed by atoms with Gasteiger partial charge in [-0.2, -0.15) is 0 Å². The van der Waals surface area contributed by atoms with E-state index in [-0.39, 0.29) is 26.4 Å². The van der Waals surface area contributed by atoms with Gasteiger partial charge in [-0.3, -0.25) is 0 Å². The molecule has 3 atom stereocenters. The Morgan fingerprint density at radius 3 is 1.32 bits per heavy atom. The molecular formula is C27H56O4. The minimum absolute atomic E-state index is 0.209. The molecule has 0 aliphatic heterocycles. The van der Waals surface area contributed by atoms with Crippen LogP contribution in [-0.2, 0) is 4.74 Å². The largest absolute Gasteiger partial charge is 0.396 e. The zero-order chi connectivity index (χ0) is 23.5. The molecule has 0 fully saturated rings. The normalized spacial score (nSPS) is 15.4. The van der Waals surface area contributed by atoms with E-state index in [0.29, 0.717) is 6.61 Å². The molecule has 3 N–H and O–H groups in total. The number of hydrogen-bond acceptors (Lipinski definition) is 4. The summed E-state index contributed by atoms with van der Waals surface area (Å²) in [5, 5.41) is 27.9. The van der Waals surface area contributed by atoms with Gasteiger partial charge in [-0.1, -0.05) is 105 Å². The molecule has 0 bridgehead atoms. The van der Waals surface area contributed by atoms with Gasteiger partial charge in [0.2, 0.25) is 0 Å². The summed E-state index contributed by atoms with van der Waals surface area (Å²) in [7, 11) is 0. The first-order chi connectivity index (χ1) is 14.8. The lowest BCUT2D eigenvalue weighted by Gasteiger charge is -2.26. The fraction of sp³-hybridized carbons (Fsp3) is 1.00. The summed E-state index contributed by atoms with van der Waals surface area (Å²) in [6, 6.07) is 0. The van der Waals surface area contributed by atoms with E-state index in [0.717, 1.165) is 36.5 Å². The molecule has 4 heteroatoms. The third-order valence-electron chi connectivity index (χ3n) is 6.92. The molecule has 0 rings (SSSR count). The third-order valence-corrected chi connectivity index (χ3v) is 6.92. The maximum Gasteiger partial charge on any atom is 0.0629 e. The first kappa shape index (κ1) is 30.8. The highest BCUT2D eigenvalue weighted by Crippen LogP contribution is 2.23. The molecule has 0 aliphatic carbocycles. The molecule has 0 aromatic heterocycles. The van der Waals surface area contributed by atoms with Crippen molar-refractivity contribution in [2.24, 2.45) is 29.1 Å². The lowest BCUT2D eigenvalue weighted by molar-refractivity contribution is -0.0582. The van der Waals surface area contributed by atoms with Gasteiger partial charge >= 0.3 is 0 Å². The fourth-order valence-electron chi connectivity index (χ4n) is 4.21. The van der Waals surface area contributed by atoms with E-state index in [1.807, 2.05) is 0 Å². The van der Waals surface area contributed by atoms with Crippen molar-refractivity contribution in [2.45, 2.75) is 112 Å². The average Bonchev–Trinajstić information content (AvgIpc) is 2.73. The molecule has 4 nitrogen and oxygen atoms in total. The zero-order valence-electron chi connectivity index (χ0n) is 21.6. The maximum absolute atomic E-state index is 9.29.